The predicted octanol–water partition coefficient (Wildman–Crippen LogP) is 3.06. The topological polar surface area (TPSA) is 73.7 Å². The molecule has 1 heterocycles. The number of rotatable bonds is 4. The monoisotopic (exact) mass is 278 g/mol. The molecule has 2 aromatic carbocycles. The van der Waals surface area contributed by atoms with Gasteiger partial charge >= 0.3 is 0 Å². The van der Waals surface area contributed by atoms with E-state index >= 15 is 0 Å². The van der Waals surface area contributed by atoms with E-state index in [1.807, 2.05) is 36.4 Å². The standard InChI is InChI=1S/C16H14N4O/c1-21-16-5-2-11(6-13(16)8-17)9-18-14-4-3-12-10-19-20-15(12)7-14/h2-7,10,18H,9H2,1H3,(H,19,20). The molecular weight excluding hydrogens is 264 g/mol. The Morgan fingerprint density at radius 3 is 3.00 bits per heavy atom. The van der Waals surface area contributed by atoms with E-state index in [0.29, 0.717) is 17.9 Å². The summed E-state index contributed by atoms with van der Waals surface area (Å²) in [6.45, 7) is 0.637. The van der Waals surface area contributed by atoms with Crippen molar-refractivity contribution in [2.24, 2.45) is 0 Å². The van der Waals surface area contributed by atoms with Crippen LogP contribution in [0.5, 0.6) is 5.75 Å². The summed E-state index contributed by atoms with van der Waals surface area (Å²) in [6, 6.07) is 13.8. The first-order valence-corrected chi connectivity index (χ1v) is 6.54. The molecule has 3 aromatic rings. The van der Waals surface area contributed by atoms with Crippen molar-refractivity contribution in [3.63, 3.8) is 0 Å². The highest BCUT2D eigenvalue weighted by Crippen LogP contribution is 2.21. The first kappa shape index (κ1) is 13.0. The second-order valence-electron chi connectivity index (χ2n) is 4.67. The lowest BCUT2D eigenvalue weighted by molar-refractivity contribution is 0.413. The fourth-order valence-electron chi connectivity index (χ4n) is 2.20. The molecule has 0 aliphatic carbocycles. The van der Waals surface area contributed by atoms with E-state index < -0.39 is 0 Å². The summed E-state index contributed by atoms with van der Waals surface area (Å²) < 4.78 is 5.14. The van der Waals surface area contributed by atoms with Gasteiger partial charge in [0.1, 0.15) is 11.8 Å². The van der Waals surface area contributed by atoms with E-state index in [4.69, 9.17) is 10.00 Å². The van der Waals surface area contributed by atoms with Gasteiger partial charge < -0.3 is 10.1 Å². The quantitative estimate of drug-likeness (QED) is 0.769. The second kappa shape index (κ2) is 5.55. The third-order valence-electron chi connectivity index (χ3n) is 3.32. The Balaban J connectivity index is 1.76. The van der Waals surface area contributed by atoms with Crippen LogP contribution in [0.2, 0.25) is 0 Å². The van der Waals surface area contributed by atoms with Crippen LogP contribution < -0.4 is 10.1 Å². The number of H-pyrrole nitrogens is 1. The van der Waals surface area contributed by atoms with E-state index in [0.717, 1.165) is 22.2 Å². The minimum absolute atomic E-state index is 0.542. The Morgan fingerprint density at radius 2 is 2.19 bits per heavy atom. The number of aromatic nitrogens is 2. The van der Waals surface area contributed by atoms with Gasteiger partial charge in [0, 0.05) is 17.6 Å². The van der Waals surface area contributed by atoms with E-state index in [9.17, 15) is 0 Å². The van der Waals surface area contributed by atoms with Gasteiger partial charge in [-0.1, -0.05) is 6.07 Å². The van der Waals surface area contributed by atoms with Gasteiger partial charge in [0.05, 0.1) is 24.4 Å². The molecule has 3 rings (SSSR count). The van der Waals surface area contributed by atoms with Crippen LogP contribution in [0.3, 0.4) is 0 Å². The number of aromatic amines is 1. The molecule has 21 heavy (non-hydrogen) atoms. The summed E-state index contributed by atoms with van der Waals surface area (Å²) in [5.74, 6) is 0.597. The molecule has 5 heteroatoms. The van der Waals surface area contributed by atoms with Crippen molar-refractivity contribution in [2.45, 2.75) is 6.54 Å². The minimum Gasteiger partial charge on any atom is -0.495 e. The first-order valence-electron chi connectivity index (χ1n) is 6.54. The second-order valence-corrected chi connectivity index (χ2v) is 4.67. The molecule has 0 fully saturated rings. The molecule has 0 aliphatic heterocycles. The third kappa shape index (κ3) is 2.65. The molecule has 0 radical (unpaired) electrons. The molecule has 0 saturated carbocycles. The molecular formula is C16H14N4O. The number of benzene rings is 2. The van der Waals surface area contributed by atoms with E-state index in [1.165, 1.54) is 0 Å². The van der Waals surface area contributed by atoms with Gasteiger partial charge in [-0.25, -0.2) is 0 Å². The molecule has 0 bridgehead atoms. The lowest BCUT2D eigenvalue weighted by Crippen LogP contribution is -2.00. The van der Waals surface area contributed by atoms with Gasteiger partial charge in [0.2, 0.25) is 0 Å². The summed E-state index contributed by atoms with van der Waals surface area (Å²) in [6.07, 6.45) is 1.79. The van der Waals surface area contributed by atoms with Crippen molar-refractivity contribution in [1.29, 1.82) is 5.26 Å². The minimum atomic E-state index is 0.542. The van der Waals surface area contributed by atoms with Crippen molar-refractivity contribution in [1.82, 2.24) is 10.2 Å². The fourth-order valence-corrected chi connectivity index (χ4v) is 2.20. The molecule has 5 nitrogen and oxygen atoms in total. The number of ether oxygens (including phenoxy) is 1. The highest BCUT2D eigenvalue weighted by atomic mass is 16.5. The van der Waals surface area contributed by atoms with Crippen LogP contribution in [0, 0.1) is 11.3 Å². The highest BCUT2D eigenvalue weighted by Gasteiger charge is 2.04. The van der Waals surface area contributed by atoms with E-state index in [-0.39, 0.29) is 0 Å². The Kier molecular flexibility index (Phi) is 3.44. The van der Waals surface area contributed by atoms with Gasteiger partial charge in [0.15, 0.2) is 0 Å². The summed E-state index contributed by atoms with van der Waals surface area (Å²) in [5, 5.41) is 20.4. The average Bonchev–Trinajstić information content (AvgIpc) is 3.00. The number of nitriles is 1. The number of anilines is 1. The number of hydrogen-bond acceptors (Lipinski definition) is 4. The Morgan fingerprint density at radius 1 is 1.29 bits per heavy atom. The lowest BCUT2D eigenvalue weighted by atomic mass is 10.1. The third-order valence-corrected chi connectivity index (χ3v) is 3.32. The number of fused-ring (bicyclic) bond motifs is 1. The van der Waals surface area contributed by atoms with Crippen LogP contribution in [0.1, 0.15) is 11.1 Å². The molecule has 0 amide bonds. The SMILES string of the molecule is COc1ccc(CNc2ccc3cn[nH]c3c2)cc1C#N. The van der Waals surface area contributed by atoms with Gasteiger partial charge in [0.25, 0.3) is 0 Å². The van der Waals surface area contributed by atoms with Crippen molar-refractivity contribution >= 4 is 16.6 Å². The average molecular weight is 278 g/mol. The number of nitrogens with zero attached hydrogens (tertiary/aromatic N) is 2. The number of hydrogen-bond donors (Lipinski definition) is 2. The maximum atomic E-state index is 9.09. The number of methoxy groups -OCH3 is 1. The van der Waals surface area contributed by atoms with Crippen molar-refractivity contribution in [2.75, 3.05) is 12.4 Å². The zero-order valence-corrected chi connectivity index (χ0v) is 11.6. The van der Waals surface area contributed by atoms with E-state index in [1.54, 1.807) is 13.3 Å². The Labute approximate surface area is 122 Å². The Hall–Kier alpha value is -3.00. The molecule has 0 aliphatic rings. The van der Waals surface area contributed by atoms with Crippen LogP contribution in [0.25, 0.3) is 10.9 Å². The lowest BCUT2D eigenvalue weighted by Gasteiger charge is -2.08. The summed E-state index contributed by atoms with van der Waals surface area (Å²) in [7, 11) is 1.56. The van der Waals surface area contributed by atoms with Gasteiger partial charge in [-0.15, -0.1) is 0 Å². The fraction of sp³-hybridized carbons (Fsp3) is 0.125. The predicted molar refractivity (Wildman–Crippen MR) is 81.1 cm³/mol. The van der Waals surface area contributed by atoms with Gasteiger partial charge in [-0.05, 0) is 35.9 Å². The molecule has 2 N–H and O–H groups in total. The van der Waals surface area contributed by atoms with E-state index in [2.05, 4.69) is 21.6 Å². The molecule has 0 spiro atoms. The zero-order chi connectivity index (χ0) is 14.7. The smallest absolute Gasteiger partial charge is 0.136 e. The summed E-state index contributed by atoms with van der Waals surface area (Å²) in [5.41, 5.74) is 3.56. The normalized spacial score (nSPS) is 10.3. The van der Waals surface area contributed by atoms with Crippen LogP contribution in [-0.4, -0.2) is 17.3 Å². The number of nitrogens with one attached hydrogen (secondary N) is 2. The van der Waals surface area contributed by atoms with Crippen LogP contribution in [0.15, 0.2) is 42.6 Å². The summed E-state index contributed by atoms with van der Waals surface area (Å²) >= 11 is 0. The largest absolute Gasteiger partial charge is 0.495 e. The highest BCUT2D eigenvalue weighted by molar-refractivity contribution is 5.81. The van der Waals surface area contributed by atoms with Crippen molar-refractivity contribution < 1.29 is 4.74 Å². The van der Waals surface area contributed by atoms with Crippen LogP contribution in [0.4, 0.5) is 5.69 Å². The Bertz CT molecular complexity index is 817. The van der Waals surface area contributed by atoms with Crippen LogP contribution >= 0.6 is 0 Å². The molecule has 1 aromatic heterocycles. The summed E-state index contributed by atoms with van der Waals surface area (Å²) in [4.78, 5) is 0. The maximum Gasteiger partial charge on any atom is 0.136 e. The van der Waals surface area contributed by atoms with Crippen LogP contribution in [-0.2, 0) is 6.54 Å². The van der Waals surface area contributed by atoms with Crippen molar-refractivity contribution in [3.8, 4) is 11.8 Å². The molecule has 0 atom stereocenters. The van der Waals surface area contributed by atoms with Gasteiger partial charge in [-0.3, -0.25) is 5.10 Å². The molecule has 0 saturated heterocycles. The first-order chi connectivity index (χ1) is 10.3. The van der Waals surface area contributed by atoms with Gasteiger partial charge in [-0.2, -0.15) is 10.4 Å². The molecule has 0 unspecified atom stereocenters. The maximum absolute atomic E-state index is 9.09. The zero-order valence-electron chi connectivity index (χ0n) is 11.6. The molecule has 104 valence electrons. The van der Waals surface area contributed by atoms with Crippen molar-refractivity contribution in [3.05, 3.63) is 53.7 Å².